The van der Waals surface area contributed by atoms with E-state index in [2.05, 4.69) is 22.8 Å². The number of halogens is 1. The lowest BCUT2D eigenvalue weighted by Crippen LogP contribution is -2.47. The van der Waals surface area contributed by atoms with Gasteiger partial charge in [-0.15, -0.1) is 0 Å². The Morgan fingerprint density at radius 3 is 2.15 bits per heavy atom. The van der Waals surface area contributed by atoms with Crippen LogP contribution in [-0.2, 0) is 22.6 Å². The van der Waals surface area contributed by atoms with Gasteiger partial charge in [-0.3, -0.25) is 9.59 Å². The van der Waals surface area contributed by atoms with Gasteiger partial charge in [-0.05, 0) is 49.9 Å². The molecule has 0 aliphatic heterocycles. The van der Waals surface area contributed by atoms with Gasteiger partial charge in [-0.2, -0.15) is 0 Å². The molecule has 0 aliphatic carbocycles. The molecular weight excluding hydrogens is 348 g/mol. The van der Waals surface area contributed by atoms with Crippen molar-refractivity contribution in [3.63, 3.8) is 0 Å². The molecule has 2 rings (SSSR count). The minimum Gasteiger partial charge on any atom is -0.355 e. The Labute approximate surface area is 159 Å². The standard InChI is InChI=1S/C21H25ClN2O2/c1-21(2,20(26)24-15-17-10-12-18(22)13-11-17)19(25)23-14-6-9-16-7-4-3-5-8-16/h3-5,7-8,10-13H,6,9,14-15H2,1-2H3,(H,23,25)(H,24,26). The van der Waals surface area contributed by atoms with Crippen molar-refractivity contribution in [2.45, 2.75) is 33.2 Å². The first kappa shape index (κ1) is 20.0. The van der Waals surface area contributed by atoms with Gasteiger partial charge in [0.25, 0.3) is 0 Å². The maximum atomic E-state index is 12.4. The summed E-state index contributed by atoms with van der Waals surface area (Å²) < 4.78 is 0. The summed E-state index contributed by atoms with van der Waals surface area (Å²) in [5, 5.41) is 6.32. The summed E-state index contributed by atoms with van der Waals surface area (Å²) in [7, 11) is 0. The highest BCUT2D eigenvalue weighted by molar-refractivity contribution is 6.30. The third kappa shape index (κ3) is 5.88. The van der Waals surface area contributed by atoms with E-state index >= 15 is 0 Å². The lowest BCUT2D eigenvalue weighted by molar-refractivity contribution is -0.141. The first-order valence-electron chi connectivity index (χ1n) is 8.74. The molecular formula is C21H25ClN2O2. The van der Waals surface area contributed by atoms with E-state index in [-0.39, 0.29) is 11.8 Å². The monoisotopic (exact) mass is 372 g/mol. The molecule has 26 heavy (non-hydrogen) atoms. The van der Waals surface area contributed by atoms with E-state index in [0.717, 1.165) is 18.4 Å². The quantitative estimate of drug-likeness (QED) is 0.548. The number of carbonyl (C=O) groups is 2. The molecule has 0 aromatic heterocycles. The SMILES string of the molecule is CC(C)(C(=O)NCCCc1ccccc1)C(=O)NCc1ccc(Cl)cc1. The average molecular weight is 373 g/mol. The van der Waals surface area contributed by atoms with Gasteiger partial charge < -0.3 is 10.6 Å². The minimum absolute atomic E-state index is 0.265. The second-order valence-corrected chi connectivity index (χ2v) is 7.22. The summed E-state index contributed by atoms with van der Waals surface area (Å²) >= 11 is 5.85. The number of benzene rings is 2. The van der Waals surface area contributed by atoms with E-state index < -0.39 is 5.41 Å². The van der Waals surface area contributed by atoms with Crippen molar-refractivity contribution in [3.8, 4) is 0 Å². The number of carbonyl (C=O) groups excluding carboxylic acids is 2. The first-order valence-corrected chi connectivity index (χ1v) is 9.12. The number of nitrogens with one attached hydrogen (secondary N) is 2. The normalized spacial score (nSPS) is 11.0. The second kappa shape index (κ2) is 9.39. The molecule has 0 saturated carbocycles. The van der Waals surface area contributed by atoms with Gasteiger partial charge in [0.05, 0.1) is 0 Å². The molecule has 0 spiro atoms. The summed E-state index contributed by atoms with van der Waals surface area (Å²) in [6, 6.07) is 17.4. The zero-order valence-electron chi connectivity index (χ0n) is 15.2. The van der Waals surface area contributed by atoms with Gasteiger partial charge in [-0.1, -0.05) is 54.1 Å². The van der Waals surface area contributed by atoms with Gasteiger partial charge in [0.15, 0.2) is 0 Å². The molecule has 0 heterocycles. The van der Waals surface area contributed by atoms with Crippen molar-refractivity contribution in [2.75, 3.05) is 6.54 Å². The number of hydrogen-bond donors (Lipinski definition) is 2. The molecule has 2 aromatic rings. The third-order valence-corrected chi connectivity index (χ3v) is 4.52. The zero-order valence-corrected chi connectivity index (χ0v) is 16.0. The highest BCUT2D eigenvalue weighted by atomic mass is 35.5. The van der Waals surface area contributed by atoms with Gasteiger partial charge in [0.2, 0.25) is 11.8 Å². The van der Waals surface area contributed by atoms with Crippen LogP contribution in [0.1, 0.15) is 31.4 Å². The van der Waals surface area contributed by atoms with Crippen LogP contribution < -0.4 is 10.6 Å². The highest BCUT2D eigenvalue weighted by Gasteiger charge is 2.35. The van der Waals surface area contributed by atoms with E-state index in [4.69, 9.17) is 11.6 Å². The molecule has 0 aliphatic rings. The van der Waals surface area contributed by atoms with Gasteiger partial charge in [0, 0.05) is 18.1 Å². The molecule has 0 bridgehead atoms. The Hall–Kier alpha value is -2.33. The fourth-order valence-corrected chi connectivity index (χ4v) is 2.59. The maximum Gasteiger partial charge on any atom is 0.235 e. The molecule has 138 valence electrons. The van der Waals surface area contributed by atoms with Gasteiger partial charge >= 0.3 is 0 Å². The highest BCUT2D eigenvalue weighted by Crippen LogP contribution is 2.16. The largest absolute Gasteiger partial charge is 0.355 e. The van der Waals surface area contributed by atoms with E-state index in [0.29, 0.717) is 18.1 Å². The minimum atomic E-state index is -1.13. The fraction of sp³-hybridized carbons (Fsp3) is 0.333. The second-order valence-electron chi connectivity index (χ2n) is 6.78. The summed E-state index contributed by atoms with van der Waals surface area (Å²) in [4.78, 5) is 24.8. The summed E-state index contributed by atoms with van der Waals surface area (Å²) in [5.74, 6) is -0.563. The molecule has 5 heteroatoms. The number of hydrogen-bond acceptors (Lipinski definition) is 2. The molecule has 0 saturated heterocycles. The van der Waals surface area contributed by atoms with E-state index in [1.54, 1.807) is 26.0 Å². The molecule has 2 aromatic carbocycles. The van der Waals surface area contributed by atoms with Crippen molar-refractivity contribution in [2.24, 2.45) is 5.41 Å². The Kier molecular flexibility index (Phi) is 7.22. The Bertz CT molecular complexity index is 727. The number of amides is 2. The van der Waals surface area contributed by atoms with Crippen molar-refractivity contribution >= 4 is 23.4 Å². The Morgan fingerprint density at radius 1 is 0.885 bits per heavy atom. The maximum absolute atomic E-state index is 12.4. The predicted molar refractivity (Wildman–Crippen MR) is 105 cm³/mol. The van der Waals surface area contributed by atoms with Crippen molar-refractivity contribution in [3.05, 3.63) is 70.7 Å². The van der Waals surface area contributed by atoms with Crippen LogP contribution in [-0.4, -0.2) is 18.4 Å². The van der Waals surface area contributed by atoms with Crippen LogP contribution in [0.5, 0.6) is 0 Å². The molecule has 0 atom stereocenters. The fourth-order valence-electron chi connectivity index (χ4n) is 2.47. The summed E-state index contributed by atoms with van der Waals surface area (Å²) in [6.45, 7) is 4.18. The van der Waals surface area contributed by atoms with Crippen LogP contribution in [0.25, 0.3) is 0 Å². The summed E-state index contributed by atoms with van der Waals surface area (Å²) in [5.41, 5.74) is 1.04. The van der Waals surface area contributed by atoms with Crippen LogP contribution in [0.4, 0.5) is 0 Å². The first-order chi connectivity index (χ1) is 12.4. The Morgan fingerprint density at radius 2 is 1.50 bits per heavy atom. The molecule has 4 nitrogen and oxygen atoms in total. The molecule has 0 radical (unpaired) electrons. The smallest absolute Gasteiger partial charge is 0.235 e. The van der Waals surface area contributed by atoms with Crippen molar-refractivity contribution in [1.82, 2.24) is 10.6 Å². The van der Waals surface area contributed by atoms with Crippen molar-refractivity contribution < 1.29 is 9.59 Å². The van der Waals surface area contributed by atoms with E-state index in [9.17, 15) is 9.59 Å². The third-order valence-electron chi connectivity index (χ3n) is 4.27. The Balaban J connectivity index is 1.76. The van der Waals surface area contributed by atoms with Crippen LogP contribution in [0.3, 0.4) is 0 Å². The topological polar surface area (TPSA) is 58.2 Å². The summed E-state index contributed by atoms with van der Waals surface area (Å²) in [6.07, 6.45) is 1.72. The molecule has 2 N–H and O–H groups in total. The lowest BCUT2D eigenvalue weighted by atomic mass is 9.91. The van der Waals surface area contributed by atoms with Gasteiger partial charge in [0.1, 0.15) is 5.41 Å². The average Bonchev–Trinajstić information content (AvgIpc) is 2.65. The van der Waals surface area contributed by atoms with Crippen LogP contribution in [0.2, 0.25) is 5.02 Å². The van der Waals surface area contributed by atoms with Crippen LogP contribution in [0, 0.1) is 5.41 Å². The lowest BCUT2D eigenvalue weighted by Gasteiger charge is -2.22. The zero-order chi connectivity index (χ0) is 19.0. The van der Waals surface area contributed by atoms with E-state index in [1.807, 2.05) is 30.3 Å². The van der Waals surface area contributed by atoms with Crippen LogP contribution >= 0.6 is 11.6 Å². The predicted octanol–water partition coefficient (Wildman–Crippen LogP) is 3.73. The number of aryl methyl sites for hydroxylation is 1. The van der Waals surface area contributed by atoms with Gasteiger partial charge in [-0.25, -0.2) is 0 Å². The molecule has 2 amide bonds. The van der Waals surface area contributed by atoms with E-state index in [1.165, 1.54) is 5.56 Å². The van der Waals surface area contributed by atoms with Crippen LogP contribution in [0.15, 0.2) is 54.6 Å². The number of rotatable bonds is 8. The molecule has 0 unspecified atom stereocenters. The molecule has 0 fully saturated rings. The van der Waals surface area contributed by atoms with Crippen molar-refractivity contribution in [1.29, 1.82) is 0 Å².